The molecule has 0 radical (unpaired) electrons. The predicted octanol–water partition coefficient (Wildman–Crippen LogP) is 3.70. The summed E-state index contributed by atoms with van der Waals surface area (Å²) in [5.41, 5.74) is 2.34. The second-order valence-electron chi connectivity index (χ2n) is 6.26. The molecule has 3 rings (SSSR count). The van der Waals surface area contributed by atoms with E-state index in [0.29, 0.717) is 11.3 Å². The molecule has 2 aromatic carbocycles. The van der Waals surface area contributed by atoms with Crippen molar-refractivity contribution in [3.8, 4) is 11.5 Å². The molecule has 29 heavy (non-hydrogen) atoms. The first-order chi connectivity index (χ1) is 13.9. The van der Waals surface area contributed by atoms with E-state index in [4.69, 9.17) is 14.6 Å². The fraction of sp³-hybridized carbons (Fsp3) is 0.190. The van der Waals surface area contributed by atoms with Crippen LogP contribution in [0.4, 0.5) is 4.79 Å². The van der Waals surface area contributed by atoms with Gasteiger partial charge in [-0.2, -0.15) is 0 Å². The molecule has 0 saturated carbocycles. The van der Waals surface area contributed by atoms with Crippen molar-refractivity contribution < 1.29 is 29.0 Å². The number of carboxylic acids is 1. The molecule has 0 aliphatic carbocycles. The first-order valence-corrected chi connectivity index (χ1v) is 9.54. The van der Waals surface area contributed by atoms with Crippen molar-refractivity contribution in [3.63, 3.8) is 0 Å². The van der Waals surface area contributed by atoms with Gasteiger partial charge in [0.1, 0.15) is 0 Å². The number of carbonyl (C=O) groups excluding carboxylic acids is 2. The topological polar surface area (TPSA) is 93.1 Å². The highest BCUT2D eigenvalue weighted by atomic mass is 32.2. The van der Waals surface area contributed by atoms with E-state index in [-0.39, 0.29) is 22.4 Å². The molecule has 1 fully saturated rings. The molecular formula is C21H19NO6S. The number of benzene rings is 2. The van der Waals surface area contributed by atoms with Crippen LogP contribution in [-0.4, -0.2) is 40.8 Å². The highest BCUT2D eigenvalue weighted by Gasteiger charge is 2.35. The van der Waals surface area contributed by atoms with Gasteiger partial charge in [-0.3, -0.25) is 14.5 Å². The maximum Gasteiger partial charge on any atom is 0.341 e. The first kappa shape index (κ1) is 20.5. The van der Waals surface area contributed by atoms with Gasteiger partial charge < -0.3 is 14.6 Å². The van der Waals surface area contributed by atoms with E-state index in [2.05, 4.69) is 0 Å². The third-order valence-electron chi connectivity index (χ3n) is 4.32. The molecule has 150 valence electrons. The number of carbonyl (C=O) groups is 3. The van der Waals surface area contributed by atoms with Crippen molar-refractivity contribution in [2.75, 3.05) is 13.7 Å². The highest BCUT2D eigenvalue weighted by molar-refractivity contribution is 8.18. The number of rotatable bonds is 7. The van der Waals surface area contributed by atoms with Gasteiger partial charge in [0.2, 0.25) is 0 Å². The van der Waals surface area contributed by atoms with Gasteiger partial charge in [0.25, 0.3) is 11.1 Å². The second kappa shape index (κ2) is 8.83. The highest BCUT2D eigenvalue weighted by Crippen LogP contribution is 2.38. The Labute approximate surface area is 171 Å². The Morgan fingerprint density at radius 1 is 1.17 bits per heavy atom. The number of nitrogens with zero attached hydrogens (tertiary/aromatic N) is 1. The van der Waals surface area contributed by atoms with E-state index in [1.807, 2.05) is 31.2 Å². The lowest BCUT2D eigenvalue weighted by molar-refractivity contribution is -0.139. The number of hydrogen-bond acceptors (Lipinski definition) is 6. The predicted molar refractivity (Wildman–Crippen MR) is 109 cm³/mol. The number of imide groups is 1. The smallest absolute Gasteiger partial charge is 0.341 e. The normalized spacial score (nSPS) is 15.1. The molecule has 0 spiro atoms. The van der Waals surface area contributed by atoms with Gasteiger partial charge in [-0.15, -0.1) is 0 Å². The Balaban J connectivity index is 1.89. The average molecular weight is 413 g/mol. The van der Waals surface area contributed by atoms with Crippen molar-refractivity contribution >= 4 is 35.0 Å². The second-order valence-corrected chi connectivity index (χ2v) is 7.25. The first-order valence-electron chi connectivity index (χ1n) is 8.72. The summed E-state index contributed by atoms with van der Waals surface area (Å²) in [6.45, 7) is 1.55. The standard InChI is InChI=1S/C21H19NO6S/c1-13-6-3-4-7-15(13)11-22-20(25)17(29-21(22)26)10-14-8-5-9-16(27-2)19(14)28-12-18(23)24/h3-10H,11-12H2,1-2H3,(H,23,24)/b17-10-. The minimum atomic E-state index is -1.14. The number of methoxy groups -OCH3 is 1. The molecule has 0 aromatic heterocycles. The van der Waals surface area contributed by atoms with Gasteiger partial charge >= 0.3 is 5.97 Å². The molecule has 2 amide bonds. The quantitative estimate of drug-likeness (QED) is 0.692. The summed E-state index contributed by atoms with van der Waals surface area (Å²) in [5, 5.41) is 8.54. The molecule has 0 unspecified atom stereocenters. The zero-order valence-electron chi connectivity index (χ0n) is 15.9. The number of amides is 2. The number of para-hydroxylation sites is 1. The lowest BCUT2D eigenvalue weighted by Crippen LogP contribution is -2.27. The Kier molecular flexibility index (Phi) is 6.23. The van der Waals surface area contributed by atoms with Gasteiger partial charge in [0.05, 0.1) is 18.6 Å². The van der Waals surface area contributed by atoms with Gasteiger partial charge in [-0.1, -0.05) is 36.4 Å². The summed E-state index contributed by atoms with van der Waals surface area (Å²) in [6.07, 6.45) is 1.52. The summed E-state index contributed by atoms with van der Waals surface area (Å²) in [4.78, 5) is 37.5. The van der Waals surface area contributed by atoms with Gasteiger partial charge in [0.15, 0.2) is 18.1 Å². The number of thioether (sulfide) groups is 1. The number of hydrogen-bond donors (Lipinski definition) is 1. The molecule has 0 atom stereocenters. The van der Waals surface area contributed by atoms with Gasteiger partial charge in [0, 0.05) is 5.56 Å². The van der Waals surface area contributed by atoms with E-state index in [0.717, 1.165) is 22.9 Å². The van der Waals surface area contributed by atoms with Crippen molar-refractivity contribution in [2.24, 2.45) is 0 Å². The molecule has 0 bridgehead atoms. The molecule has 1 saturated heterocycles. The summed E-state index contributed by atoms with van der Waals surface area (Å²) >= 11 is 0.834. The van der Waals surface area contributed by atoms with Crippen LogP contribution in [0.25, 0.3) is 6.08 Å². The van der Waals surface area contributed by atoms with Gasteiger partial charge in [-0.05, 0) is 42.0 Å². The minimum absolute atomic E-state index is 0.190. The molecule has 8 heteroatoms. The molecular weight excluding hydrogens is 394 g/mol. The van der Waals surface area contributed by atoms with E-state index < -0.39 is 18.5 Å². The van der Waals surface area contributed by atoms with E-state index in [9.17, 15) is 14.4 Å². The van der Waals surface area contributed by atoms with Crippen LogP contribution in [0.2, 0.25) is 0 Å². The fourth-order valence-corrected chi connectivity index (χ4v) is 3.66. The molecule has 7 nitrogen and oxygen atoms in total. The Morgan fingerprint density at radius 3 is 2.62 bits per heavy atom. The molecule has 1 aliphatic heterocycles. The monoisotopic (exact) mass is 413 g/mol. The zero-order valence-corrected chi connectivity index (χ0v) is 16.7. The summed E-state index contributed by atoms with van der Waals surface area (Å²) < 4.78 is 10.6. The van der Waals surface area contributed by atoms with E-state index in [1.165, 1.54) is 18.1 Å². The van der Waals surface area contributed by atoms with Crippen LogP contribution in [-0.2, 0) is 16.1 Å². The van der Waals surface area contributed by atoms with Crippen LogP contribution >= 0.6 is 11.8 Å². The van der Waals surface area contributed by atoms with Crippen LogP contribution in [0.15, 0.2) is 47.4 Å². The van der Waals surface area contributed by atoms with Crippen LogP contribution in [0.3, 0.4) is 0 Å². The third-order valence-corrected chi connectivity index (χ3v) is 5.23. The van der Waals surface area contributed by atoms with Crippen LogP contribution < -0.4 is 9.47 Å². The van der Waals surface area contributed by atoms with Crippen molar-refractivity contribution in [2.45, 2.75) is 13.5 Å². The average Bonchev–Trinajstić information content (AvgIpc) is 2.95. The minimum Gasteiger partial charge on any atom is -0.493 e. The molecule has 1 N–H and O–H groups in total. The van der Waals surface area contributed by atoms with E-state index in [1.54, 1.807) is 18.2 Å². The lowest BCUT2D eigenvalue weighted by Gasteiger charge is -2.14. The van der Waals surface area contributed by atoms with Crippen molar-refractivity contribution in [3.05, 3.63) is 64.1 Å². The number of aryl methyl sites for hydroxylation is 1. The maximum absolute atomic E-state index is 12.8. The van der Waals surface area contributed by atoms with Crippen LogP contribution in [0.5, 0.6) is 11.5 Å². The largest absolute Gasteiger partial charge is 0.493 e. The summed E-state index contributed by atoms with van der Waals surface area (Å²) in [5.74, 6) is -1.02. The Morgan fingerprint density at radius 2 is 1.93 bits per heavy atom. The van der Waals surface area contributed by atoms with Crippen molar-refractivity contribution in [1.82, 2.24) is 4.90 Å². The summed E-state index contributed by atoms with van der Waals surface area (Å²) in [6, 6.07) is 12.5. The Hall–Kier alpha value is -3.26. The third kappa shape index (κ3) is 4.60. The van der Waals surface area contributed by atoms with Crippen LogP contribution in [0, 0.1) is 6.92 Å². The van der Waals surface area contributed by atoms with E-state index >= 15 is 0 Å². The van der Waals surface area contributed by atoms with Crippen molar-refractivity contribution in [1.29, 1.82) is 0 Å². The number of ether oxygens (including phenoxy) is 2. The van der Waals surface area contributed by atoms with Gasteiger partial charge in [-0.25, -0.2) is 4.79 Å². The summed E-state index contributed by atoms with van der Waals surface area (Å²) in [7, 11) is 1.43. The lowest BCUT2D eigenvalue weighted by atomic mass is 10.1. The van der Waals surface area contributed by atoms with Crippen LogP contribution in [0.1, 0.15) is 16.7 Å². The zero-order chi connectivity index (χ0) is 21.0. The molecule has 2 aromatic rings. The molecule has 1 heterocycles. The number of aliphatic carboxylic acids is 1. The maximum atomic E-state index is 12.8. The Bertz CT molecular complexity index is 1000. The molecule has 1 aliphatic rings. The number of carboxylic acid groups (broad SMARTS) is 1. The fourth-order valence-electron chi connectivity index (χ4n) is 2.83. The SMILES string of the molecule is COc1cccc(/C=C2\SC(=O)N(Cc3ccccc3C)C2=O)c1OCC(=O)O.